The lowest BCUT2D eigenvalue weighted by Gasteiger charge is -2.29. The summed E-state index contributed by atoms with van der Waals surface area (Å²) in [5, 5.41) is 1.05. The second-order valence-corrected chi connectivity index (χ2v) is 4.18. The average Bonchev–Trinajstić information content (AvgIpc) is 2.53. The Kier molecular flexibility index (Phi) is 2.46. The molecule has 1 fully saturated rings. The van der Waals surface area contributed by atoms with Crippen LogP contribution in [0.1, 0.15) is 18.7 Å². The first-order valence-electron chi connectivity index (χ1n) is 4.56. The first-order valence-corrected chi connectivity index (χ1v) is 5.34. The molecule has 0 saturated carbocycles. The van der Waals surface area contributed by atoms with Crippen LogP contribution >= 0.6 is 11.5 Å². The minimum absolute atomic E-state index is 0.380. The second-order valence-electron chi connectivity index (χ2n) is 3.45. The first kappa shape index (κ1) is 8.90. The van der Waals surface area contributed by atoms with Gasteiger partial charge in [0, 0.05) is 30.7 Å². The van der Waals surface area contributed by atoms with E-state index < -0.39 is 0 Å². The molecule has 72 valence electrons. The molecule has 2 heterocycles. The van der Waals surface area contributed by atoms with Crippen LogP contribution in [0.3, 0.4) is 0 Å². The summed E-state index contributed by atoms with van der Waals surface area (Å²) in [6.45, 7) is 3.97. The molecule has 1 aromatic rings. The van der Waals surface area contributed by atoms with Crippen LogP contribution in [0.5, 0.6) is 0 Å². The average molecular weight is 198 g/mol. The van der Waals surface area contributed by atoms with Crippen LogP contribution in [-0.2, 0) is 0 Å². The molecule has 0 spiro atoms. The SMILES string of the molecule is Cc1nsc(N2CCC(N)CC2)n1. The molecule has 0 unspecified atom stereocenters. The highest BCUT2D eigenvalue weighted by atomic mass is 32.1. The van der Waals surface area contributed by atoms with Crippen molar-refractivity contribution in [1.29, 1.82) is 0 Å². The molecule has 2 N–H and O–H groups in total. The fraction of sp³-hybridized carbons (Fsp3) is 0.750. The smallest absolute Gasteiger partial charge is 0.205 e. The van der Waals surface area contributed by atoms with Crippen molar-refractivity contribution in [3.8, 4) is 0 Å². The Labute approximate surface area is 81.9 Å². The summed E-state index contributed by atoms with van der Waals surface area (Å²) in [7, 11) is 0. The van der Waals surface area contributed by atoms with E-state index in [-0.39, 0.29) is 0 Å². The summed E-state index contributed by atoms with van der Waals surface area (Å²) in [4.78, 5) is 6.62. The van der Waals surface area contributed by atoms with Gasteiger partial charge < -0.3 is 10.6 Å². The van der Waals surface area contributed by atoms with Crippen molar-refractivity contribution in [2.75, 3.05) is 18.0 Å². The molecule has 1 aliphatic heterocycles. The Morgan fingerprint density at radius 1 is 1.46 bits per heavy atom. The van der Waals surface area contributed by atoms with Gasteiger partial charge in [-0.1, -0.05) is 0 Å². The van der Waals surface area contributed by atoms with Crippen LogP contribution in [0.4, 0.5) is 5.13 Å². The maximum absolute atomic E-state index is 5.82. The van der Waals surface area contributed by atoms with Crippen LogP contribution in [0.2, 0.25) is 0 Å². The zero-order chi connectivity index (χ0) is 9.26. The van der Waals surface area contributed by atoms with E-state index in [0.717, 1.165) is 36.9 Å². The van der Waals surface area contributed by atoms with Gasteiger partial charge in [0.25, 0.3) is 0 Å². The maximum Gasteiger partial charge on any atom is 0.205 e. The minimum atomic E-state index is 0.380. The van der Waals surface area contributed by atoms with E-state index in [1.54, 1.807) is 0 Å². The molecule has 0 amide bonds. The van der Waals surface area contributed by atoms with Crippen LogP contribution in [-0.4, -0.2) is 28.5 Å². The van der Waals surface area contributed by atoms with E-state index >= 15 is 0 Å². The highest BCUT2D eigenvalue weighted by molar-refractivity contribution is 7.09. The zero-order valence-electron chi connectivity index (χ0n) is 7.73. The van der Waals surface area contributed by atoms with Gasteiger partial charge in [-0.3, -0.25) is 0 Å². The number of nitrogens with zero attached hydrogens (tertiary/aromatic N) is 3. The standard InChI is InChI=1S/C8H14N4S/c1-6-10-8(13-11-6)12-4-2-7(9)3-5-12/h7H,2-5,9H2,1H3. The normalized spacial score (nSPS) is 19.4. The summed E-state index contributed by atoms with van der Waals surface area (Å²) in [6, 6.07) is 0.380. The van der Waals surface area contributed by atoms with Gasteiger partial charge in [0.05, 0.1) is 0 Å². The topological polar surface area (TPSA) is 55.0 Å². The fourth-order valence-corrected chi connectivity index (χ4v) is 2.23. The predicted octanol–water partition coefficient (Wildman–Crippen LogP) is 0.774. The lowest BCUT2D eigenvalue weighted by Crippen LogP contribution is -2.39. The maximum atomic E-state index is 5.82. The quantitative estimate of drug-likeness (QED) is 0.724. The largest absolute Gasteiger partial charge is 0.347 e. The number of aromatic nitrogens is 2. The Morgan fingerprint density at radius 3 is 2.69 bits per heavy atom. The first-order chi connectivity index (χ1) is 6.25. The van der Waals surface area contributed by atoms with Crippen LogP contribution in [0, 0.1) is 6.92 Å². The van der Waals surface area contributed by atoms with Crippen LogP contribution in [0.15, 0.2) is 0 Å². The predicted molar refractivity (Wildman–Crippen MR) is 54.1 cm³/mol. The third-order valence-corrected chi connectivity index (χ3v) is 3.20. The van der Waals surface area contributed by atoms with E-state index in [4.69, 9.17) is 5.73 Å². The Balaban J connectivity index is 2.02. The lowest BCUT2D eigenvalue weighted by molar-refractivity contribution is 0.500. The molecular formula is C8H14N4S. The molecule has 4 nitrogen and oxygen atoms in total. The Morgan fingerprint density at radius 2 is 2.15 bits per heavy atom. The zero-order valence-corrected chi connectivity index (χ0v) is 8.55. The third kappa shape index (κ3) is 1.97. The van der Waals surface area contributed by atoms with Gasteiger partial charge in [-0.2, -0.15) is 4.37 Å². The van der Waals surface area contributed by atoms with Crippen molar-refractivity contribution < 1.29 is 0 Å². The van der Waals surface area contributed by atoms with Gasteiger partial charge in [-0.25, -0.2) is 4.98 Å². The summed E-state index contributed by atoms with van der Waals surface area (Å²) >= 11 is 1.48. The molecule has 1 saturated heterocycles. The Bertz CT molecular complexity index is 277. The van der Waals surface area contributed by atoms with Crippen LogP contribution < -0.4 is 10.6 Å². The molecule has 0 aromatic carbocycles. The van der Waals surface area contributed by atoms with Gasteiger partial charge in [0.2, 0.25) is 5.13 Å². The third-order valence-electron chi connectivity index (χ3n) is 2.33. The number of piperidine rings is 1. The summed E-state index contributed by atoms with van der Waals surface area (Å²) < 4.78 is 4.17. The number of rotatable bonds is 1. The lowest BCUT2D eigenvalue weighted by atomic mass is 10.1. The number of hydrogen-bond acceptors (Lipinski definition) is 5. The molecule has 0 bridgehead atoms. The van der Waals surface area contributed by atoms with E-state index in [9.17, 15) is 0 Å². The van der Waals surface area contributed by atoms with E-state index in [1.165, 1.54) is 11.5 Å². The van der Waals surface area contributed by atoms with Crippen molar-refractivity contribution in [3.05, 3.63) is 5.82 Å². The van der Waals surface area contributed by atoms with Gasteiger partial charge >= 0.3 is 0 Å². The van der Waals surface area contributed by atoms with Crippen molar-refractivity contribution in [1.82, 2.24) is 9.36 Å². The van der Waals surface area contributed by atoms with E-state index in [1.807, 2.05) is 6.92 Å². The monoisotopic (exact) mass is 198 g/mol. The fourth-order valence-electron chi connectivity index (χ4n) is 1.51. The second kappa shape index (κ2) is 3.59. The van der Waals surface area contributed by atoms with E-state index in [0.29, 0.717) is 6.04 Å². The molecular weight excluding hydrogens is 184 g/mol. The van der Waals surface area contributed by atoms with Crippen molar-refractivity contribution in [2.45, 2.75) is 25.8 Å². The highest BCUT2D eigenvalue weighted by Gasteiger charge is 2.18. The van der Waals surface area contributed by atoms with Crippen molar-refractivity contribution in [3.63, 3.8) is 0 Å². The number of hydrogen-bond donors (Lipinski definition) is 1. The highest BCUT2D eigenvalue weighted by Crippen LogP contribution is 2.20. The summed E-state index contributed by atoms with van der Waals surface area (Å²) in [6.07, 6.45) is 2.14. The van der Waals surface area contributed by atoms with Gasteiger partial charge in [-0.15, -0.1) is 0 Å². The number of anilines is 1. The molecule has 5 heteroatoms. The van der Waals surface area contributed by atoms with Crippen molar-refractivity contribution in [2.24, 2.45) is 5.73 Å². The van der Waals surface area contributed by atoms with Crippen molar-refractivity contribution >= 4 is 16.7 Å². The molecule has 1 aliphatic rings. The van der Waals surface area contributed by atoms with Gasteiger partial charge in [-0.05, 0) is 19.8 Å². The minimum Gasteiger partial charge on any atom is -0.347 e. The molecule has 0 radical (unpaired) electrons. The molecule has 0 aliphatic carbocycles. The van der Waals surface area contributed by atoms with Gasteiger partial charge in [0.15, 0.2) is 0 Å². The summed E-state index contributed by atoms with van der Waals surface area (Å²) in [5.74, 6) is 0.870. The van der Waals surface area contributed by atoms with Crippen LogP contribution in [0.25, 0.3) is 0 Å². The molecule has 1 aromatic heterocycles. The molecule has 0 atom stereocenters. The summed E-state index contributed by atoms with van der Waals surface area (Å²) in [5.41, 5.74) is 5.82. The molecule has 13 heavy (non-hydrogen) atoms. The van der Waals surface area contributed by atoms with E-state index in [2.05, 4.69) is 14.3 Å². The number of nitrogens with two attached hydrogens (primary N) is 1. The van der Waals surface area contributed by atoms with Gasteiger partial charge in [0.1, 0.15) is 5.82 Å². The number of aryl methyl sites for hydroxylation is 1. The molecule has 2 rings (SSSR count). The Hall–Kier alpha value is -0.680.